The zero-order chi connectivity index (χ0) is 13.7. The largest absolute Gasteiger partial charge is 0.341 e. The first kappa shape index (κ1) is 14.0. The third-order valence-corrected chi connectivity index (χ3v) is 3.81. The molecule has 0 radical (unpaired) electrons. The van der Waals surface area contributed by atoms with Crippen molar-refractivity contribution >= 4 is 21.8 Å². The Hall–Kier alpha value is -1.38. The van der Waals surface area contributed by atoms with Crippen LogP contribution in [0.2, 0.25) is 0 Å². The van der Waals surface area contributed by atoms with Crippen LogP contribution in [0, 0.1) is 11.3 Å². The number of carbonyl (C=O) groups is 1. The van der Waals surface area contributed by atoms with Crippen molar-refractivity contribution in [2.24, 2.45) is 0 Å². The SMILES string of the molecule is N#CCNC(=O)[C@@H](c1ccc(Br)cc1)N1CCCC1. The average Bonchev–Trinajstić information content (AvgIpc) is 2.93. The second-order valence-electron chi connectivity index (χ2n) is 4.57. The summed E-state index contributed by atoms with van der Waals surface area (Å²) < 4.78 is 0.994. The van der Waals surface area contributed by atoms with Gasteiger partial charge in [-0.2, -0.15) is 5.26 Å². The molecule has 0 saturated carbocycles. The zero-order valence-electron chi connectivity index (χ0n) is 10.6. The maximum absolute atomic E-state index is 12.3. The van der Waals surface area contributed by atoms with E-state index in [1.807, 2.05) is 30.3 Å². The predicted molar refractivity (Wildman–Crippen MR) is 76.3 cm³/mol. The van der Waals surface area contributed by atoms with Gasteiger partial charge in [0.25, 0.3) is 0 Å². The number of nitrogens with one attached hydrogen (secondary N) is 1. The maximum Gasteiger partial charge on any atom is 0.242 e. The van der Waals surface area contributed by atoms with Crippen LogP contribution in [-0.2, 0) is 4.79 Å². The molecule has 1 aromatic rings. The number of nitriles is 1. The fraction of sp³-hybridized carbons (Fsp3) is 0.429. The van der Waals surface area contributed by atoms with Crippen LogP contribution in [0.3, 0.4) is 0 Å². The van der Waals surface area contributed by atoms with Gasteiger partial charge in [0.2, 0.25) is 5.91 Å². The number of nitrogens with zero attached hydrogens (tertiary/aromatic N) is 2. The molecule has 0 spiro atoms. The summed E-state index contributed by atoms with van der Waals surface area (Å²) in [4.78, 5) is 14.4. The highest BCUT2D eigenvalue weighted by Gasteiger charge is 2.29. The molecule has 5 heteroatoms. The molecule has 19 heavy (non-hydrogen) atoms. The summed E-state index contributed by atoms with van der Waals surface area (Å²) in [5.74, 6) is -0.0919. The number of benzene rings is 1. The standard InChI is InChI=1S/C14H16BrN3O/c15-12-5-3-11(4-6-12)13(14(19)17-8-7-16)18-9-1-2-10-18/h3-6,13H,1-2,8-10H2,(H,17,19)/t13-/m1/s1. The first-order chi connectivity index (χ1) is 9.22. The van der Waals surface area contributed by atoms with Crippen molar-refractivity contribution in [1.29, 1.82) is 5.26 Å². The van der Waals surface area contributed by atoms with Gasteiger partial charge in [-0.15, -0.1) is 0 Å². The van der Waals surface area contributed by atoms with E-state index in [1.165, 1.54) is 0 Å². The normalized spacial score (nSPS) is 16.8. The van der Waals surface area contributed by atoms with E-state index in [-0.39, 0.29) is 18.5 Å². The topological polar surface area (TPSA) is 56.1 Å². The van der Waals surface area contributed by atoms with Gasteiger partial charge >= 0.3 is 0 Å². The lowest BCUT2D eigenvalue weighted by molar-refractivity contribution is -0.126. The van der Waals surface area contributed by atoms with Crippen LogP contribution in [0.15, 0.2) is 28.7 Å². The highest BCUT2D eigenvalue weighted by molar-refractivity contribution is 9.10. The zero-order valence-corrected chi connectivity index (χ0v) is 12.2. The highest BCUT2D eigenvalue weighted by Crippen LogP contribution is 2.26. The van der Waals surface area contributed by atoms with Crippen LogP contribution in [-0.4, -0.2) is 30.4 Å². The number of amides is 1. The number of likely N-dealkylation sites (tertiary alicyclic amines) is 1. The first-order valence-corrected chi connectivity index (χ1v) is 7.16. The van der Waals surface area contributed by atoms with Gasteiger partial charge in [-0.05, 0) is 43.6 Å². The summed E-state index contributed by atoms with van der Waals surface area (Å²) in [5, 5.41) is 11.3. The summed E-state index contributed by atoms with van der Waals surface area (Å²) in [5.41, 5.74) is 0.973. The van der Waals surface area contributed by atoms with Gasteiger partial charge in [0.05, 0.1) is 6.07 Å². The van der Waals surface area contributed by atoms with E-state index in [2.05, 4.69) is 26.1 Å². The molecule has 1 aromatic carbocycles. The number of carbonyl (C=O) groups excluding carboxylic acids is 1. The molecule has 1 atom stereocenters. The van der Waals surface area contributed by atoms with Crippen LogP contribution in [0.25, 0.3) is 0 Å². The van der Waals surface area contributed by atoms with E-state index in [4.69, 9.17) is 5.26 Å². The van der Waals surface area contributed by atoms with E-state index < -0.39 is 0 Å². The molecule has 0 bridgehead atoms. The predicted octanol–water partition coefficient (Wildman–Crippen LogP) is 2.23. The Labute approximate surface area is 121 Å². The lowest BCUT2D eigenvalue weighted by Gasteiger charge is -2.26. The molecular weight excluding hydrogens is 306 g/mol. The molecule has 0 aliphatic carbocycles. The van der Waals surface area contributed by atoms with Gasteiger partial charge in [0.15, 0.2) is 0 Å². The van der Waals surface area contributed by atoms with Gasteiger partial charge in [0.1, 0.15) is 12.6 Å². The third kappa shape index (κ3) is 3.55. The van der Waals surface area contributed by atoms with Crippen LogP contribution in [0.1, 0.15) is 24.4 Å². The molecule has 1 saturated heterocycles. The van der Waals surface area contributed by atoms with E-state index in [1.54, 1.807) is 0 Å². The van der Waals surface area contributed by atoms with Crippen LogP contribution in [0.5, 0.6) is 0 Å². The fourth-order valence-electron chi connectivity index (χ4n) is 2.40. The number of halogens is 1. The second-order valence-corrected chi connectivity index (χ2v) is 5.49. The van der Waals surface area contributed by atoms with Crippen molar-refractivity contribution in [3.8, 4) is 6.07 Å². The molecule has 1 aliphatic rings. The third-order valence-electron chi connectivity index (χ3n) is 3.28. The highest BCUT2D eigenvalue weighted by atomic mass is 79.9. The summed E-state index contributed by atoms with van der Waals surface area (Å²) in [7, 11) is 0. The molecular formula is C14H16BrN3O. The smallest absolute Gasteiger partial charge is 0.242 e. The van der Waals surface area contributed by atoms with Crippen molar-refractivity contribution in [3.05, 3.63) is 34.3 Å². The average molecular weight is 322 g/mol. The van der Waals surface area contributed by atoms with Crippen LogP contribution < -0.4 is 5.32 Å². The molecule has 0 aromatic heterocycles. The minimum Gasteiger partial charge on any atom is -0.341 e. The van der Waals surface area contributed by atoms with Gasteiger partial charge in [-0.1, -0.05) is 28.1 Å². The quantitative estimate of drug-likeness (QED) is 0.865. The second kappa shape index (κ2) is 6.69. The molecule has 4 nitrogen and oxygen atoms in total. The Morgan fingerprint density at radius 2 is 2.00 bits per heavy atom. The minimum absolute atomic E-state index is 0.0553. The van der Waals surface area contributed by atoms with Gasteiger partial charge in [0, 0.05) is 4.47 Å². The van der Waals surface area contributed by atoms with Crippen molar-refractivity contribution in [1.82, 2.24) is 10.2 Å². The van der Waals surface area contributed by atoms with Crippen LogP contribution >= 0.6 is 15.9 Å². The van der Waals surface area contributed by atoms with Crippen LogP contribution in [0.4, 0.5) is 0 Å². The molecule has 1 amide bonds. The summed E-state index contributed by atoms with van der Waals surface area (Å²) >= 11 is 3.40. The van der Waals surface area contributed by atoms with Crippen molar-refractivity contribution in [2.75, 3.05) is 19.6 Å². The van der Waals surface area contributed by atoms with Crippen molar-refractivity contribution in [2.45, 2.75) is 18.9 Å². The lowest BCUT2D eigenvalue weighted by Crippen LogP contribution is -2.39. The maximum atomic E-state index is 12.3. The Kier molecular flexibility index (Phi) is 4.94. The molecule has 1 aliphatic heterocycles. The summed E-state index contributed by atoms with van der Waals surface area (Å²) in [6.45, 7) is 1.92. The molecule has 2 rings (SSSR count). The monoisotopic (exact) mass is 321 g/mol. The van der Waals surface area contributed by atoms with E-state index in [9.17, 15) is 4.79 Å². The lowest BCUT2D eigenvalue weighted by atomic mass is 10.0. The molecule has 100 valence electrons. The Morgan fingerprint density at radius 3 is 2.58 bits per heavy atom. The van der Waals surface area contributed by atoms with Crippen molar-refractivity contribution in [3.63, 3.8) is 0 Å². The Bertz CT molecular complexity index is 474. The molecule has 1 fully saturated rings. The number of rotatable bonds is 4. The Morgan fingerprint density at radius 1 is 1.37 bits per heavy atom. The Balaban J connectivity index is 2.20. The number of hydrogen-bond acceptors (Lipinski definition) is 3. The van der Waals surface area contributed by atoms with E-state index in [0.29, 0.717) is 0 Å². The molecule has 0 unspecified atom stereocenters. The minimum atomic E-state index is -0.288. The number of hydrogen-bond donors (Lipinski definition) is 1. The first-order valence-electron chi connectivity index (χ1n) is 6.36. The summed E-state index contributed by atoms with van der Waals surface area (Å²) in [6, 6.07) is 9.45. The van der Waals surface area contributed by atoms with Gasteiger partial charge in [-0.3, -0.25) is 9.69 Å². The van der Waals surface area contributed by atoms with E-state index in [0.717, 1.165) is 36.0 Å². The fourth-order valence-corrected chi connectivity index (χ4v) is 2.66. The molecule has 1 heterocycles. The van der Waals surface area contributed by atoms with E-state index >= 15 is 0 Å². The van der Waals surface area contributed by atoms with Crippen molar-refractivity contribution < 1.29 is 4.79 Å². The van der Waals surface area contributed by atoms with Gasteiger partial charge < -0.3 is 5.32 Å². The summed E-state index contributed by atoms with van der Waals surface area (Å²) in [6.07, 6.45) is 2.25. The van der Waals surface area contributed by atoms with Gasteiger partial charge in [-0.25, -0.2) is 0 Å². The molecule has 1 N–H and O–H groups in total.